The lowest BCUT2D eigenvalue weighted by molar-refractivity contribution is -0.0357. The van der Waals surface area contributed by atoms with Crippen molar-refractivity contribution < 1.29 is 28.2 Å². The van der Waals surface area contributed by atoms with E-state index in [0.717, 1.165) is 5.56 Å². The molecule has 0 radical (unpaired) electrons. The Morgan fingerprint density at radius 3 is 2.73 bits per heavy atom. The smallest absolute Gasteiger partial charge is 0.256 e. The van der Waals surface area contributed by atoms with Gasteiger partial charge in [0, 0.05) is 30.3 Å². The fraction of sp³-hybridized carbons (Fsp3) is 0.370. The molecular weight excluding hydrogens is 479 g/mol. The molecular formula is C27H27FN4O5. The molecule has 4 atom stereocenters. The summed E-state index contributed by atoms with van der Waals surface area (Å²) in [6.45, 7) is 5.67. The minimum atomic E-state index is -1.01. The van der Waals surface area contributed by atoms with Crippen molar-refractivity contribution in [2.75, 3.05) is 6.54 Å². The summed E-state index contributed by atoms with van der Waals surface area (Å²) in [4.78, 5) is 27.5. The molecule has 4 heterocycles. The molecule has 192 valence electrons. The number of hydrogen-bond acceptors (Lipinski definition) is 6. The van der Waals surface area contributed by atoms with Crippen LogP contribution in [0.2, 0.25) is 0 Å². The molecule has 1 aliphatic carbocycles. The van der Waals surface area contributed by atoms with E-state index in [1.54, 1.807) is 53.0 Å². The van der Waals surface area contributed by atoms with Crippen LogP contribution in [-0.2, 0) is 0 Å². The first-order valence-electron chi connectivity index (χ1n) is 12.3. The van der Waals surface area contributed by atoms with Crippen molar-refractivity contribution >= 4 is 28.3 Å². The van der Waals surface area contributed by atoms with Crippen LogP contribution in [0.1, 0.15) is 51.8 Å². The van der Waals surface area contributed by atoms with Crippen molar-refractivity contribution in [2.45, 2.75) is 58.0 Å². The quantitative estimate of drug-likeness (QED) is 0.425. The Morgan fingerprint density at radius 2 is 2.05 bits per heavy atom. The van der Waals surface area contributed by atoms with E-state index >= 15 is 0 Å². The second kappa shape index (κ2) is 8.58. The lowest BCUT2D eigenvalue weighted by atomic mass is 9.90. The first-order chi connectivity index (χ1) is 17.7. The van der Waals surface area contributed by atoms with E-state index < -0.39 is 18.3 Å². The first-order valence-corrected chi connectivity index (χ1v) is 12.3. The zero-order chi connectivity index (χ0) is 26.0. The highest BCUT2D eigenvalue weighted by atomic mass is 19.1. The Hall–Kier alpha value is -3.92. The summed E-state index contributed by atoms with van der Waals surface area (Å²) in [5.74, 6) is 0.922. The highest BCUT2D eigenvalue weighted by Gasteiger charge is 2.39. The predicted octanol–water partition coefficient (Wildman–Crippen LogP) is 3.93. The summed E-state index contributed by atoms with van der Waals surface area (Å²) in [6, 6.07) is 6.21. The molecule has 1 aliphatic heterocycles. The number of nitrogens with zero attached hydrogens (tertiary/aromatic N) is 3. The second-order valence-electron chi connectivity index (χ2n) is 9.89. The molecule has 2 fully saturated rings. The number of carbonyl (C=O) groups is 2. The van der Waals surface area contributed by atoms with Crippen LogP contribution >= 0.6 is 0 Å². The number of rotatable bonds is 5. The molecule has 2 aliphatic rings. The number of alkyl halides is 1. The SMILES string of the molecule is Cc1oc2cc(Oc3ccnn4cc(C(=O)N5C[C@@H](O)[C@@H]5C)c(C)c34)ccc2c1C(=O)N[C@@H]1CC[C@@H]1F. The molecule has 9 nitrogen and oxygen atoms in total. The first kappa shape index (κ1) is 23.5. The number of fused-ring (bicyclic) bond motifs is 2. The number of benzene rings is 1. The van der Waals surface area contributed by atoms with Crippen LogP contribution in [0.25, 0.3) is 16.5 Å². The van der Waals surface area contributed by atoms with Crippen LogP contribution in [0.3, 0.4) is 0 Å². The number of carbonyl (C=O) groups excluding carboxylic acids is 2. The molecule has 1 saturated heterocycles. The molecule has 6 rings (SSSR count). The molecule has 2 N–H and O–H groups in total. The lowest BCUT2D eigenvalue weighted by Gasteiger charge is -2.43. The number of hydrogen-bond donors (Lipinski definition) is 2. The van der Waals surface area contributed by atoms with Crippen molar-refractivity contribution in [3.63, 3.8) is 0 Å². The third-order valence-electron chi connectivity index (χ3n) is 7.61. The highest BCUT2D eigenvalue weighted by molar-refractivity contribution is 6.07. The maximum atomic E-state index is 13.6. The van der Waals surface area contributed by atoms with Crippen LogP contribution in [0.5, 0.6) is 11.5 Å². The summed E-state index contributed by atoms with van der Waals surface area (Å²) in [6.07, 6.45) is 2.84. The average Bonchev–Trinajstić information content (AvgIpc) is 3.40. The van der Waals surface area contributed by atoms with Gasteiger partial charge in [-0.2, -0.15) is 5.10 Å². The number of aliphatic hydroxyl groups excluding tert-OH is 1. The average molecular weight is 507 g/mol. The van der Waals surface area contributed by atoms with E-state index in [1.807, 2.05) is 13.8 Å². The van der Waals surface area contributed by atoms with Gasteiger partial charge in [0.15, 0.2) is 5.75 Å². The van der Waals surface area contributed by atoms with Crippen LogP contribution in [-0.4, -0.2) is 62.3 Å². The number of halogens is 1. The number of ether oxygens (including phenoxy) is 1. The summed E-state index contributed by atoms with van der Waals surface area (Å²) < 4.78 is 27.3. The molecule has 2 amide bonds. The van der Waals surface area contributed by atoms with E-state index in [1.165, 1.54) is 0 Å². The Kier molecular flexibility index (Phi) is 5.45. The molecule has 0 bridgehead atoms. The van der Waals surface area contributed by atoms with Gasteiger partial charge in [0.1, 0.15) is 28.8 Å². The van der Waals surface area contributed by atoms with E-state index in [9.17, 15) is 19.1 Å². The zero-order valence-electron chi connectivity index (χ0n) is 20.7. The van der Waals surface area contributed by atoms with Gasteiger partial charge in [-0.15, -0.1) is 0 Å². The van der Waals surface area contributed by atoms with Crippen molar-refractivity contribution in [3.8, 4) is 11.5 Å². The van der Waals surface area contributed by atoms with Gasteiger partial charge >= 0.3 is 0 Å². The molecule has 0 spiro atoms. The van der Waals surface area contributed by atoms with Gasteiger partial charge in [-0.05, 0) is 51.3 Å². The Bertz CT molecular complexity index is 1560. The fourth-order valence-corrected chi connectivity index (χ4v) is 5.07. The Balaban J connectivity index is 1.29. The van der Waals surface area contributed by atoms with Gasteiger partial charge in [-0.25, -0.2) is 8.91 Å². The van der Waals surface area contributed by atoms with Gasteiger partial charge in [-0.3, -0.25) is 9.59 Å². The Morgan fingerprint density at radius 1 is 1.24 bits per heavy atom. The van der Waals surface area contributed by atoms with Crippen molar-refractivity contribution in [2.24, 2.45) is 0 Å². The lowest BCUT2D eigenvalue weighted by Crippen LogP contribution is -2.60. The van der Waals surface area contributed by atoms with Gasteiger partial charge in [0.25, 0.3) is 11.8 Å². The van der Waals surface area contributed by atoms with Gasteiger partial charge in [0.05, 0.1) is 35.5 Å². The van der Waals surface area contributed by atoms with E-state index in [2.05, 4.69) is 10.4 Å². The standard InChI is InChI=1S/C27H27FN4O5/c1-13-18(27(35)31-12-21(33)14(31)2)11-32-25(13)22(8-9-29-32)37-16-4-5-17-23(10-16)36-15(3)24(17)26(34)30-20-7-6-19(20)28/h4-5,8-11,14,19-21,33H,6-7,12H2,1-3H3,(H,30,34)/t14-,19-,20+,21+/m0/s1. The second-order valence-corrected chi connectivity index (χ2v) is 9.89. The number of furan rings is 1. The molecule has 4 aromatic rings. The molecule has 10 heteroatoms. The molecule has 1 saturated carbocycles. The summed E-state index contributed by atoms with van der Waals surface area (Å²) in [7, 11) is 0. The third-order valence-corrected chi connectivity index (χ3v) is 7.61. The topological polar surface area (TPSA) is 109 Å². The van der Waals surface area contributed by atoms with Crippen LogP contribution in [0.4, 0.5) is 4.39 Å². The van der Waals surface area contributed by atoms with Crippen molar-refractivity contribution in [1.29, 1.82) is 0 Å². The van der Waals surface area contributed by atoms with E-state index in [0.29, 0.717) is 64.3 Å². The number of aromatic nitrogens is 2. The minimum Gasteiger partial charge on any atom is -0.460 e. The summed E-state index contributed by atoms with van der Waals surface area (Å²) >= 11 is 0. The van der Waals surface area contributed by atoms with Crippen LogP contribution in [0.15, 0.2) is 41.1 Å². The predicted molar refractivity (Wildman–Crippen MR) is 133 cm³/mol. The number of likely N-dealkylation sites (tertiary alicyclic amines) is 1. The van der Waals surface area contributed by atoms with E-state index in [4.69, 9.17) is 9.15 Å². The number of amides is 2. The summed E-state index contributed by atoms with van der Waals surface area (Å²) in [5.41, 5.74) is 2.73. The fourth-order valence-electron chi connectivity index (χ4n) is 5.07. The van der Waals surface area contributed by atoms with Gasteiger partial charge in [0.2, 0.25) is 0 Å². The monoisotopic (exact) mass is 506 g/mol. The van der Waals surface area contributed by atoms with Crippen LogP contribution in [0, 0.1) is 13.8 Å². The molecule has 1 aromatic carbocycles. The van der Waals surface area contributed by atoms with Crippen molar-refractivity contribution in [1.82, 2.24) is 19.8 Å². The number of β-amino-alcohol motifs (C(OH)–C–C–N with tert-alkyl or cyclic N) is 1. The number of aryl methyl sites for hydroxylation is 2. The number of aliphatic hydroxyl groups is 1. The van der Waals surface area contributed by atoms with Gasteiger partial charge < -0.3 is 24.5 Å². The maximum absolute atomic E-state index is 13.6. The maximum Gasteiger partial charge on any atom is 0.256 e. The van der Waals surface area contributed by atoms with Crippen molar-refractivity contribution in [3.05, 3.63) is 59.1 Å². The zero-order valence-corrected chi connectivity index (χ0v) is 20.7. The molecule has 3 aromatic heterocycles. The number of nitrogens with one attached hydrogen (secondary N) is 1. The largest absolute Gasteiger partial charge is 0.460 e. The molecule has 37 heavy (non-hydrogen) atoms. The highest BCUT2D eigenvalue weighted by Crippen LogP contribution is 2.35. The van der Waals surface area contributed by atoms with E-state index in [-0.39, 0.29) is 17.9 Å². The summed E-state index contributed by atoms with van der Waals surface area (Å²) in [5, 5.41) is 17.5. The van der Waals surface area contributed by atoms with Gasteiger partial charge in [-0.1, -0.05) is 0 Å². The molecule has 0 unspecified atom stereocenters. The van der Waals surface area contributed by atoms with Crippen LogP contribution < -0.4 is 10.1 Å². The minimum absolute atomic E-state index is 0.161. The Labute approximate surface area is 211 Å². The normalized spacial score (nSPS) is 23.1. The third kappa shape index (κ3) is 3.74.